The fraction of sp³-hybridized carbons (Fsp3) is 0.381. The molecule has 5 heteroatoms. The SMILES string of the molecule is O=C(O)c1ccc2c(c1CO)OCCC(CCOCc1ccccc1)C2. The summed E-state index contributed by atoms with van der Waals surface area (Å²) >= 11 is 0. The maximum Gasteiger partial charge on any atom is 0.336 e. The van der Waals surface area contributed by atoms with Crippen LogP contribution in [0.25, 0.3) is 0 Å². The first-order valence-corrected chi connectivity index (χ1v) is 8.92. The molecule has 26 heavy (non-hydrogen) atoms. The van der Waals surface area contributed by atoms with E-state index < -0.39 is 5.97 Å². The molecule has 1 unspecified atom stereocenters. The third kappa shape index (κ3) is 4.42. The van der Waals surface area contributed by atoms with Crippen molar-refractivity contribution in [3.8, 4) is 5.75 Å². The number of ether oxygens (including phenoxy) is 2. The minimum Gasteiger partial charge on any atom is -0.493 e. The molecule has 3 rings (SSSR count). The van der Waals surface area contributed by atoms with Crippen LogP contribution in [0, 0.1) is 5.92 Å². The van der Waals surface area contributed by atoms with Gasteiger partial charge in [-0.3, -0.25) is 0 Å². The summed E-state index contributed by atoms with van der Waals surface area (Å²) in [4.78, 5) is 11.3. The highest BCUT2D eigenvalue weighted by atomic mass is 16.5. The molecule has 1 heterocycles. The Bertz CT molecular complexity index is 742. The highest BCUT2D eigenvalue weighted by Crippen LogP contribution is 2.34. The number of carboxylic acids is 1. The van der Waals surface area contributed by atoms with E-state index in [-0.39, 0.29) is 12.2 Å². The number of benzene rings is 2. The number of rotatable bonds is 7. The van der Waals surface area contributed by atoms with Crippen molar-refractivity contribution < 1.29 is 24.5 Å². The zero-order chi connectivity index (χ0) is 18.4. The number of hydrogen-bond donors (Lipinski definition) is 2. The molecule has 0 saturated carbocycles. The van der Waals surface area contributed by atoms with Crippen LogP contribution in [0.3, 0.4) is 0 Å². The van der Waals surface area contributed by atoms with Gasteiger partial charge in [0.2, 0.25) is 0 Å². The van der Waals surface area contributed by atoms with E-state index in [0.29, 0.717) is 37.1 Å². The van der Waals surface area contributed by atoms with Crippen molar-refractivity contribution in [2.45, 2.75) is 32.5 Å². The summed E-state index contributed by atoms with van der Waals surface area (Å²) in [6.45, 7) is 1.47. The van der Waals surface area contributed by atoms with Crippen molar-refractivity contribution in [3.05, 3.63) is 64.7 Å². The second kappa shape index (κ2) is 8.83. The number of carbonyl (C=O) groups is 1. The third-order valence-corrected chi connectivity index (χ3v) is 4.79. The van der Waals surface area contributed by atoms with E-state index in [0.717, 1.165) is 30.4 Å². The van der Waals surface area contributed by atoms with Gasteiger partial charge >= 0.3 is 5.97 Å². The van der Waals surface area contributed by atoms with Gasteiger partial charge in [0.25, 0.3) is 0 Å². The lowest BCUT2D eigenvalue weighted by atomic mass is 9.92. The first-order chi connectivity index (χ1) is 12.7. The quantitative estimate of drug-likeness (QED) is 0.744. The van der Waals surface area contributed by atoms with Crippen molar-refractivity contribution in [2.24, 2.45) is 5.92 Å². The molecule has 1 aliphatic rings. The highest BCUT2D eigenvalue weighted by molar-refractivity contribution is 5.90. The van der Waals surface area contributed by atoms with Crippen LogP contribution in [-0.2, 0) is 24.4 Å². The number of aromatic carboxylic acids is 1. The summed E-state index contributed by atoms with van der Waals surface area (Å²) < 4.78 is 11.6. The Morgan fingerprint density at radius 3 is 2.73 bits per heavy atom. The van der Waals surface area contributed by atoms with E-state index >= 15 is 0 Å². The van der Waals surface area contributed by atoms with Gasteiger partial charge in [-0.15, -0.1) is 0 Å². The number of aliphatic hydroxyl groups is 1. The van der Waals surface area contributed by atoms with Crippen molar-refractivity contribution in [1.82, 2.24) is 0 Å². The van der Waals surface area contributed by atoms with Crippen LogP contribution in [0.1, 0.15) is 39.9 Å². The maximum absolute atomic E-state index is 11.3. The molecular formula is C21H24O5. The van der Waals surface area contributed by atoms with Crippen LogP contribution < -0.4 is 4.74 Å². The third-order valence-electron chi connectivity index (χ3n) is 4.79. The number of aliphatic hydroxyl groups excluding tert-OH is 1. The zero-order valence-corrected chi connectivity index (χ0v) is 14.7. The molecule has 138 valence electrons. The molecule has 0 fully saturated rings. The van der Waals surface area contributed by atoms with Gasteiger partial charge in [0.05, 0.1) is 25.4 Å². The average Bonchev–Trinajstić information content (AvgIpc) is 2.87. The summed E-state index contributed by atoms with van der Waals surface area (Å²) in [5.74, 6) is -0.0927. The molecular weight excluding hydrogens is 332 g/mol. The average molecular weight is 356 g/mol. The standard InChI is InChI=1S/C21H24O5/c22-13-19-18(21(23)24)7-6-17-12-15(9-11-26-20(17)19)8-10-25-14-16-4-2-1-3-5-16/h1-7,15,22H,8-14H2,(H,23,24). The summed E-state index contributed by atoms with van der Waals surface area (Å²) in [5.41, 5.74) is 2.60. The van der Waals surface area contributed by atoms with Crippen molar-refractivity contribution >= 4 is 5.97 Å². The molecule has 0 radical (unpaired) electrons. The van der Waals surface area contributed by atoms with Crippen LogP contribution in [0.5, 0.6) is 5.75 Å². The zero-order valence-electron chi connectivity index (χ0n) is 14.7. The lowest BCUT2D eigenvalue weighted by molar-refractivity contribution is 0.0692. The molecule has 0 saturated heterocycles. The highest BCUT2D eigenvalue weighted by Gasteiger charge is 2.23. The molecule has 2 aromatic rings. The fourth-order valence-electron chi connectivity index (χ4n) is 3.38. The normalized spacial score (nSPS) is 16.4. The van der Waals surface area contributed by atoms with Crippen LogP contribution >= 0.6 is 0 Å². The molecule has 0 aliphatic carbocycles. The van der Waals surface area contributed by atoms with Gasteiger partial charge in [-0.05, 0) is 42.4 Å². The lowest BCUT2D eigenvalue weighted by Crippen LogP contribution is -2.09. The fourth-order valence-corrected chi connectivity index (χ4v) is 3.38. The molecule has 0 spiro atoms. The van der Waals surface area contributed by atoms with Gasteiger partial charge in [0.15, 0.2) is 0 Å². The second-order valence-corrected chi connectivity index (χ2v) is 6.58. The number of hydrogen-bond acceptors (Lipinski definition) is 4. The summed E-state index contributed by atoms with van der Waals surface area (Å²) in [7, 11) is 0. The van der Waals surface area contributed by atoms with E-state index in [1.807, 2.05) is 30.3 Å². The molecule has 0 amide bonds. The Labute approximate surface area is 153 Å². The summed E-state index contributed by atoms with van der Waals surface area (Å²) in [5, 5.41) is 18.9. The van der Waals surface area contributed by atoms with E-state index in [1.54, 1.807) is 12.1 Å². The first kappa shape index (κ1) is 18.4. The second-order valence-electron chi connectivity index (χ2n) is 6.58. The Kier molecular flexibility index (Phi) is 6.26. The van der Waals surface area contributed by atoms with Crippen LogP contribution in [0.4, 0.5) is 0 Å². The lowest BCUT2D eigenvalue weighted by Gasteiger charge is -2.15. The van der Waals surface area contributed by atoms with Gasteiger partial charge in [-0.1, -0.05) is 36.4 Å². The maximum atomic E-state index is 11.3. The molecule has 0 aromatic heterocycles. The first-order valence-electron chi connectivity index (χ1n) is 8.92. The number of carboxylic acid groups (broad SMARTS) is 1. The molecule has 5 nitrogen and oxygen atoms in total. The van der Waals surface area contributed by atoms with E-state index in [1.165, 1.54) is 0 Å². The van der Waals surface area contributed by atoms with E-state index in [2.05, 4.69) is 0 Å². The Balaban J connectivity index is 1.60. The van der Waals surface area contributed by atoms with Gasteiger partial charge in [0.1, 0.15) is 5.75 Å². The molecule has 1 atom stereocenters. The summed E-state index contributed by atoms with van der Waals surface area (Å²) in [6.07, 6.45) is 2.61. The predicted octanol–water partition coefficient (Wildman–Crippen LogP) is 3.43. The molecule has 2 aromatic carbocycles. The smallest absolute Gasteiger partial charge is 0.336 e. The minimum absolute atomic E-state index is 0.107. The van der Waals surface area contributed by atoms with E-state index in [9.17, 15) is 15.0 Å². The monoisotopic (exact) mass is 356 g/mol. The van der Waals surface area contributed by atoms with Crippen LogP contribution in [-0.4, -0.2) is 29.4 Å². The van der Waals surface area contributed by atoms with Crippen molar-refractivity contribution in [2.75, 3.05) is 13.2 Å². The topological polar surface area (TPSA) is 76.0 Å². The largest absolute Gasteiger partial charge is 0.493 e. The predicted molar refractivity (Wildman–Crippen MR) is 97.3 cm³/mol. The Morgan fingerprint density at radius 1 is 1.19 bits per heavy atom. The van der Waals surface area contributed by atoms with Crippen LogP contribution in [0.15, 0.2) is 42.5 Å². The molecule has 0 bridgehead atoms. The Morgan fingerprint density at radius 2 is 2.00 bits per heavy atom. The molecule has 1 aliphatic heterocycles. The van der Waals surface area contributed by atoms with Crippen LogP contribution in [0.2, 0.25) is 0 Å². The Hall–Kier alpha value is -2.37. The number of fused-ring (bicyclic) bond motifs is 1. The van der Waals surface area contributed by atoms with Gasteiger partial charge < -0.3 is 19.7 Å². The minimum atomic E-state index is -1.05. The van der Waals surface area contributed by atoms with Gasteiger partial charge in [-0.25, -0.2) is 4.79 Å². The molecule has 2 N–H and O–H groups in total. The van der Waals surface area contributed by atoms with E-state index in [4.69, 9.17) is 9.47 Å². The van der Waals surface area contributed by atoms with Gasteiger partial charge in [-0.2, -0.15) is 0 Å². The van der Waals surface area contributed by atoms with Gasteiger partial charge in [0, 0.05) is 12.2 Å². The van der Waals surface area contributed by atoms with Crippen molar-refractivity contribution in [3.63, 3.8) is 0 Å². The van der Waals surface area contributed by atoms with Crippen molar-refractivity contribution in [1.29, 1.82) is 0 Å². The summed E-state index contributed by atoms with van der Waals surface area (Å²) in [6, 6.07) is 13.5.